The Bertz CT molecular complexity index is 1520. The zero-order chi connectivity index (χ0) is 29.1. The molecule has 0 spiro atoms. The van der Waals surface area contributed by atoms with E-state index in [4.69, 9.17) is 21.1 Å². The summed E-state index contributed by atoms with van der Waals surface area (Å²) in [7, 11) is 0. The molecule has 2 aromatic carbocycles. The molecule has 5 rings (SSSR count). The summed E-state index contributed by atoms with van der Waals surface area (Å²) in [6, 6.07) is 7.69. The van der Waals surface area contributed by atoms with Gasteiger partial charge >= 0.3 is 5.69 Å². The van der Waals surface area contributed by atoms with E-state index in [9.17, 15) is 29.8 Å². The summed E-state index contributed by atoms with van der Waals surface area (Å²) in [4.78, 5) is 48.7. The summed E-state index contributed by atoms with van der Waals surface area (Å²) < 4.78 is 12.3. The number of nitro groups is 2. The number of nitro benzene ring substituents is 2. The lowest BCUT2D eigenvalue weighted by Gasteiger charge is -2.43. The van der Waals surface area contributed by atoms with Gasteiger partial charge in [-0.15, -0.1) is 0 Å². The fourth-order valence-electron chi connectivity index (χ4n) is 5.79. The first-order valence-corrected chi connectivity index (χ1v) is 13.1. The molecule has 40 heavy (non-hydrogen) atoms. The Morgan fingerprint density at radius 3 is 1.90 bits per heavy atom. The third-order valence-corrected chi connectivity index (χ3v) is 7.67. The van der Waals surface area contributed by atoms with Crippen LogP contribution in [0.5, 0.6) is 11.5 Å². The molecular formula is C29H27ClN2O8. The summed E-state index contributed by atoms with van der Waals surface area (Å²) in [6.07, 6.45) is 1.47. The number of carbonyl (C=O) groups excluding carboxylic acids is 2. The van der Waals surface area contributed by atoms with Gasteiger partial charge in [0, 0.05) is 53.5 Å². The molecule has 3 aliphatic rings. The molecule has 11 heteroatoms. The molecule has 0 unspecified atom stereocenters. The van der Waals surface area contributed by atoms with Crippen molar-refractivity contribution in [2.24, 2.45) is 10.8 Å². The molecule has 0 saturated heterocycles. The highest BCUT2D eigenvalue weighted by Crippen LogP contribution is 2.55. The van der Waals surface area contributed by atoms with Gasteiger partial charge in [0.2, 0.25) is 5.75 Å². The maximum atomic E-state index is 13.6. The first-order valence-electron chi connectivity index (χ1n) is 12.8. The van der Waals surface area contributed by atoms with Crippen molar-refractivity contribution < 1.29 is 28.9 Å². The highest BCUT2D eigenvalue weighted by Gasteiger charge is 2.48. The minimum absolute atomic E-state index is 0.127. The summed E-state index contributed by atoms with van der Waals surface area (Å²) >= 11 is 6.42. The molecule has 2 aromatic rings. The number of allylic oxidation sites excluding steroid dienone is 4. The van der Waals surface area contributed by atoms with Crippen molar-refractivity contribution >= 4 is 34.5 Å². The summed E-state index contributed by atoms with van der Waals surface area (Å²) in [5, 5.41) is 23.3. The average molecular weight is 567 g/mol. The molecule has 0 N–H and O–H groups in total. The quantitative estimate of drug-likeness (QED) is 0.270. The number of non-ortho nitro benzene ring substituents is 1. The first kappa shape index (κ1) is 27.5. The van der Waals surface area contributed by atoms with E-state index in [0.717, 1.165) is 18.2 Å². The van der Waals surface area contributed by atoms with E-state index in [1.807, 2.05) is 27.7 Å². The van der Waals surface area contributed by atoms with Crippen molar-refractivity contribution in [3.63, 3.8) is 0 Å². The zero-order valence-electron chi connectivity index (χ0n) is 22.4. The normalized spacial score (nSPS) is 20.0. The van der Waals surface area contributed by atoms with E-state index < -0.39 is 27.1 Å². The van der Waals surface area contributed by atoms with E-state index in [0.29, 0.717) is 46.1 Å². The van der Waals surface area contributed by atoms with Crippen molar-refractivity contribution in [1.29, 1.82) is 0 Å². The third kappa shape index (κ3) is 4.99. The molecule has 2 aliphatic carbocycles. The van der Waals surface area contributed by atoms with Gasteiger partial charge in [-0.2, -0.15) is 0 Å². The largest absolute Gasteiger partial charge is 0.465 e. The number of benzene rings is 2. The van der Waals surface area contributed by atoms with Crippen LogP contribution in [0.15, 0.2) is 59.1 Å². The van der Waals surface area contributed by atoms with E-state index >= 15 is 0 Å². The predicted molar refractivity (Wildman–Crippen MR) is 145 cm³/mol. The minimum Gasteiger partial charge on any atom is -0.465 e. The van der Waals surface area contributed by atoms with Crippen LogP contribution in [0.1, 0.15) is 64.9 Å². The second kappa shape index (κ2) is 9.55. The van der Waals surface area contributed by atoms with Crippen LogP contribution in [0.3, 0.4) is 0 Å². The van der Waals surface area contributed by atoms with Crippen molar-refractivity contribution in [3.05, 3.63) is 89.9 Å². The number of rotatable bonds is 5. The number of Topliss-reactive ketones (excluding diaryl/α,β-unsaturated/α-hetero) is 2. The fourth-order valence-corrected chi connectivity index (χ4v) is 5.97. The van der Waals surface area contributed by atoms with Crippen LogP contribution in [0, 0.1) is 31.1 Å². The molecule has 10 nitrogen and oxygen atoms in total. The molecule has 0 atom stereocenters. The predicted octanol–water partition coefficient (Wildman–Crippen LogP) is 7.35. The number of ketones is 2. The van der Waals surface area contributed by atoms with Crippen LogP contribution in [0.4, 0.5) is 11.4 Å². The highest BCUT2D eigenvalue weighted by molar-refractivity contribution is 6.30. The number of nitrogens with zero attached hydrogens (tertiary/aromatic N) is 2. The van der Waals surface area contributed by atoms with Crippen LogP contribution in [-0.4, -0.2) is 21.4 Å². The Morgan fingerprint density at radius 1 is 0.825 bits per heavy atom. The van der Waals surface area contributed by atoms with Crippen LogP contribution in [0.2, 0.25) is 5.02 Å². The molecule has 0 aromatic heterocycles. The Balaban J connectivity index is 1.71. The lowest BCUT2D eigenvalue weighted by atomic mass is 9.65. The van der Waals surface area contributed by atoms with Gasteiger partial charge in [-0.1, -0.05) is 39.3 Å². The molecule has 1 heterocycles. The average Bonchev–Trinajstić information content (AvgIpc) is 2.82. The second-order valence-electron chi connectivity index (χ2n) is 12.0. The van der Waals surface area contributed by atoms with Gasteiger partial charge in [-0.3, -0.25) is 29.8 Å². The van der Waals surface area contributed by atoms with E-state index in [-0.39, 0.29) is 46.7 Å². The summed E-state index contributed by atoms with van der Waals surface area (Å²) in [5.41, 5.74) is -0.667. The molecular weight excluding hydrogens is 540 g/mol. The monoisotopic (exact) mass is 566 g/mol. The van der Waals surface area contributed by atoms with Crippen molar-refractivity contribution in [2.45, 2.75) is 59.3 Å². The smallest absolute Gasteiger partial charge is 0.318 e. The molecule has 1 aliphatic heterocycles. The highest BCUT2D eigenvalue weighted by atomic mass is 35.5. The summed E-state index contributed by atoms with van der Waals surface area (Å²) in [6.45, 7) is 7.92. The third-order valence-electron chi connectivity index (χ3n) is 7.43. The van der Waals surface area contributed by atoms with Crippen LogP contribution >= 0.6 is 11.6 Å². The topological polar surface area (TPSA) is 139 Å². The fraction of sp³-hybridized carbons (Fsp3) is 0.379. The van der Waals surface area contributed by atoms with Gasteiger partial charge < -0.3 is 9.47 Å². The molecule has 0 saturated carbocycles. The Kier molecular flexibility index (Phi) is 6.57. The van der Waals surface area contributed by atoms with Crippen molar-refractivity contribution in [1.82, 2.24) is 0 Å². The van der Waals surface area contributed by atoms with Crippen molar-refractivity contribution in [3.8, 4) is 11.5 Å². The molecule has 0 bridgehead atoms. The summed E-state index contributed by atoms with van der Waals surface area (Å²) in [5.74, 6) is -0.272. The number of carbonyl (C=O) groups is 2. The molecule has 0 fully saturated rings. The maximum Gasteiger partial charge on any atom is 0.318 e. The van der Waals surface area contributed by atoms with E-state index in [1.54, 1.807) is 6.07 Å². The Labute approximate surface area is 234 Å². The van der Waals surface area contributed by atoms with Crippen LogP contribution < -0.4 is 4.74 Å². The Hall–Kier alpha value is -4.05. The van der Waals surface area contributed by atoms with Crippen LogP contribution in [0.25, 0.3) is 0 Å². The zero-order valence-corrected chi connectivity index (χ0v) is 23.2. The van der Waals surface area contributed by atoms with Gasteiger partial charge in [0.15, 0.2) is 11.6 Å². The maximum absolute atomic E-state index is 13.6. The van der Waals surface area contributed by atoms with Gasteiger partial charge in [-0.05, 0) is 35.1 Å². The van der Waals surface area contributed by atoms with Gasteiger partial charge in [0.05, 0.1) is 21.8 Å². The number of hydrogen-bond donors (Lipinski definition) is 0. The second-order valence-corrected chi connectivity index (χ2v) is 12.5. The molecule has 208 valence electrons. The van der Waals surface area contributed by atoms with Crippen molar-refractivity contribution in [2.75, 3.05) is 0 Å². The van der Waals surface area contributed by atoms with E-state index in [2.05, 4.69) is 0 Å². The van der Waals surface area contributed by atoms with Crippen LogP contribution in [-0.2, 0) is 14.3 Å². The lowest BCUT2D eigenvalue weighted by Crippen LogP contribution is -2.37. The molecule has 0 amide bonds. The number of halogens is 1. The standard InChI is InChI=1S/C29H27ClN2O8/c1-28(2)11-19(33)26-23(13-28)40-24-14-29(3,4)12-20(34)27(24)25(26)17-9-15(30)5-7-21(17)39-22-8-6-16(31(35)36)10-18(22)32(37)38/h5-10,25H,11-14H2,1-4H3. The van der Waals surface area contributed by atoms with E-state index in [1.165, 1.54) is 12.1 Å². The molecule has 0 radical (unpaired) electrons. The SMILES string of the molecule is CC1(C)CC(=O)C2=C(C1)OC1=C(C(=O)CC(C)(C)C1)C2c1cc(Cl)ccc1Oc1ccc([N+](=O)[O-])cc1[N+](=O)[O-]. The number of ether oxygens (including phenoxy) is 2. The lowest BCUT2D eigenvalue weighted by molar-refractivity contribution is -0.394. The first-order chi connectivity index (χ1) is 18.7. The van der Waals surface area contributed by atoms with Gasteiger partial charge in [-0.25, -0.2) is 0 Å². The number of hydrogen-bond acceptors (Lipinski definition) is 8. The minimum atomic E-state index is -0.850. The van der Waals surface area contributed by atoms with Gasteiger partial charge in [0.25, 0.3) is 5.69 Å². The van der Waals surface area contributed by atoms with Gasteiger partial charge in [0.1, 0.15) is 17.3 Å². The Morgan fingerprint density at radius 2 is 1.38 bits per heavy atom.